The predicted molar refractivity (Wildman–Crippen MR) is 89.0 cm³/mol. The van der Waals surface area contributed by atoms with Gasteiger partial charge in [-0.3, -0.25) is 0 Å². The maximum atomic E-state index is 12.7. The summed E-state index contributed by atoms with van der Waals surface area (Å²) in [7, 11) is -3.40. The fraction of sp³-hybridized carbons (Fsp3) is 0.600. The Morgan fingerprint density at radius 2 is 1.86 bits per heavy atom. The lowest BCUT2D eigenvalue weighted by Crippen LogP contribution is -2.33. The molecular formula is C15H24N2O2S2. The maximum Gasteiger partial charge on any atom is 0.243 e. The van der Waals surface area contributed by atoms with Crippen molar-refractivity contribution >= 4 is 21.8 Å². The van der Waals surface area contributed by atoms with Gasteiger partial charge < -0.3 is 5.73 Å². The molecule has 6 heteroatoms. The third-order valence-corrected chi connectivity index (χ3v) is 7.13. The molecule has 1 aromatic carbocycles. The van der Waals surface area contributed by atoms with Gasteiger partial charge in [0.2, 0.25) is 10.0 Å². The molecule has 1 aliphatic rings. The Bertz CT molecular complexity index is 580. The first-order chi connectivity index (χ1) is 9.72. The van der Waals surface area contributed by atoms with Crippen LogP contribution >= 0.6 is 11.8 Å². The van der Waals surface area contributed by atoms with E-state index in [0.717, 1.165) is 17.7 Å². The number of hydrogen-bond donors (Lipinski definition) is 1. The molecule has 2 rings (SSSR count). The highest BCUT2D eigenvalue weighted by molar-refractivity contribution is 8.00. The van der Waals surface area contributed by atoms with Gasteiger partial charge in [0.15, 0.2) is 0 Å². The first-order valence-electron chi connectivity index (χ1n) is 7.22. The van der Waals surface area contributed by atoms with E-state index in [-0.39, 0.29) is 10.8 Å². The Labute approximate surface area is 132 Å². The van der Waals surface area contributed by atoms with Crippen LogP contribution in [-0.2, 0) is 10.0 Å². The molecule has 1 unspecified atom stereocenters. The highest BCUT2D eigenvalue weighted by Gasteiger charge is 2.30. The average Bonchev–Trinajstić information content (AvgIpc) is 2.60. The zero-order valence-corrected chi connectivity index (χ0v) is 14.5. The summed E-state index contributed by atoms with van der Waals surface area (Å²) < 4.78 is 27.2. The normalized spacial score (nSPS) is 21.7. The van der Waals surface area contributed by atoms with Crippen LogP contribution in [0.3, 0.4) is 0 Å². The van der Waals surface area contributed by atoms with E-state index < -0.39 is 10.0 Å². The lowest BCUT2D eigenvalue weighted by atomic mass is 10.1. The highest BCUT2D eigenvalue weighted by atomic mass is 32.2. The topological polar surface area (TPSA) is 63.4 Å². The molecule has 0 bridgehead atoms. The lowest BCUT2D eigenvalue weighted by Gasteiger charge is -2.22. The summed E-state index contributed by atoms with van der Waals surface area (Å²) >= 11 is 1.84. The fourth-order valence-electron chi connectivity index (χ4n) is 2.33. The van der Waals surface area contributed by atoms with Gasteiger partial charge in [-0.15, -0.1) is 0 Å². The summed E-state index contributed by atoms with van der Waals surface area (Å²) in [4.78, 5) is 0.358. The molecule has 1 aliphatic heterocycles. The van der Waals surface area contributed by atoms with Crippen LogP contribution in [-0.4, -0.2) is 36.3 Å². The number of benzene rings is 1. The standard InChI is InChI=1S/C15H24N2O2S2/c1-12(16)13-4-6-14(7-5-13)21(18,19)17-9-8-15(2,3)20-11-10-17/h4-7,12H,8-11,16H2,1-3H3. The molecule has 0 saturated carbocycles. The first kappa shape index (κ1) is 16.8. The van der Waals surface area contributed by atoms with Gasteiger partial charge in [-0.2, -0.15) is 16.1 Å². The van der Waals surface area contributed by atoms with Gasteiger partial charge in [-0.25, -0.2) is 8.42 Å². The first-order valence-corrected chi connectivity index (χ1v) is 9.65. The zero-order chi connectivity index (χ0) is 15.7. The second-order valence-electron chi connectivity index (χ2n) is 6.12. The van der Waals surface area contributed by atoms with Crippen LogP contribution in [0.4, 0.5) is 0 Å². The van der Waals surface area contributed by atoms with E-state index in [9.17, 15) is 8.42 Å². The summed E-state index contributed by atoms with van der Waals surface area (Å²) in [6.07, 6.45) is 0.870. The van der Waals surface area contributed by atoms with E-state index in [1.54, 1.807) is 28.6 Å². The largest absolute Gasteiger partial charge is 0.324 e. The van der Waals surface area contributed by atoms with Crippen molar-refractivity contribution in [2.24, 2.45) is 5.73 Å². The summed E-state index contributed by atoms with van der Waals surface area (Å²) in [6, 6.07) is 6.84. The summed E-state index contributed by atoms with van der Waals surface area (Å²) in [5.41, 5.74) is 6.75. The summed E-state index contributed by atoms with van der Waals surface area (Å²) in [6.45, 7) is 7.39. The molecule has 0 aliphatic carbocycles. The van der Waals surface area contributed by atoms with Crippen molar-refractivity contribution < 1.29 is 8.42 Å². The van der Waals surface area contributed by atoms with E-state index in [2.05, 4.69) is 13.8 Å². The van der Waals surface area contributed by atoms with Crippen molar-refractivity contribution in [3.05, 3.63) is 29.8 Å². The van der Waals surface area contributed by atoms with Crippen molar-refractivity contribution in [2.45, 2.75) is 42.9 Å². The van der Waals surface area contributed by atoms with E-state index in [0.29, 0.717) is 18.0 Å². The van der Waals surface area contributed by atoms with E-state index in [4.69, 9.17) is 5.73 Å². The minimum atomic E-state index is -3.40. The molecule has 1 fully saturated rings. The molecule has 0 aromatic heterocycles. The van der Waals surface area contributed by atoms with Gasteiger partial charge in [-0.05, 0) is 31.0 Å². The molecule has 21 heavy (non-hydrogen) atoms. The zero-order valence-electron chi connectivity index (χ0n) is 12.9. The Kier molecular flexibility index (Phi) is 5.03. The van der Waals surface area contributed by atoms with Crippen LogP contribution in [0.25, 0.3) is 0 Å². The molecule has 4 nitrogen and oxygen atoms in total. The quantitative estimate of drug-likeness (QED) is 0.926. The second-order valence-corrected chi connectivity index (χ2v) is 9.86. The van der Waals surface area contributed by atoms with E-state index in [1.807, 2.05) is 18.7 Å². The van der Waals surface area contributed by atoms with Gasteiger partial charge in [0, 0.05) is 29.6 Å². The number of nitrogens with zero attached hydrogens (tertiary/aromatic N) is 1. The molecule has 1 saturated heterocycles. The SMILES string of the molecule is CC(N)c1ccc(S(=O)(=O)N2CCSC(C)(C)CC2)cc1. The van der Waals surface area contributed by atoms with Crippen molar-refractivity contribution in [3.63, 3.8) is 0 Å². The second kappa shape index (κ2) is 6.28. The Hall–Kier alpha value is -0.560. The molecule has 0 spiro atoms. The highest BCUT2D eigenvalue weighted by Crippen LogP contribution is 2.32. The van der Waals surface area contributed by atoms with Crippen LogP contribution in [0.15, 0.2) is 29.2 Å². The van der Waals surface area contributed by atoms with E-state index >= 15 is 0 Å². The van der Waals surface area contributed by atoms with Gasteiger partial charge in [0.05, 0.1) is 4.90 Å². The van der Waals surface area contributed by atoms with Crippen LogP contribution in [0.1, 0.15) is 38.8 Å². The molecule has 2 N–H and O–H groups in total. The number of rotatable bonds is 3. The molecule has 118 valence electrons. The Morgan fingerprint density at radius 3 is 2.43 bits per heavy atom. The third kappa shape index (κ3) is 4.00. The van der Waals surface area contributed by atoms with Crippen LogP contribution in [0.2, 0.25) is 0 Å². The van der Waals surface area contributed by atoms with Crippen molar-refractivity contribution in [3.8, 4) is 0 Å². The maximum absolute atomic E-state index is 12.7. The van der Waals surface area contributed by atoms with Gasteiger partial charge in [-0.1, -0.05) is 26.0 Å². The van der Waals surface area contributed by atoms with Crippen molar-refractivity contribution in [2.75, 3.05) is 18.8 Å². The molecule has 0 amide bonds. The third-order valence-electron chi connectivity index (χ3n) is 3.84. The summed E-state index contributed by atoms with van der Waals surface area (Å²) in [5.74, 6) is 0.837. The van der Waals surface area contributed by atoms with Crippen LogP contribution in [0, 0.1) is 0 Å². The van der Waals surface area contributed by atoms with Crippen molar-refractivity contribution in [1.82, 2.24) is 4.31 Å². The van der Waals surface area contributed by atoms with Crippen molar-refractivity contribution in [1.29, 1.82) is 0 Å². The molecule has 1 heterocycles. The molecule has 1 atom stereocenters. The number of sulfonamides is 1. The number of hydrogen-bond acceptors (Lipinski definition) is 4. The number of thioether (sulfide) groups is 1. The minimum Gasteiger partial charge on any atom is -0.324 e. The van der Waals surface area contributed by atoms with E-state index in [1.165, 1.54) is 0 Å². The minimum absolute atomic E-state index is 0.0860. The molecule has 1 aromatic rings. The molecule has 0 radical (unpaired) electrons. The Morgan fingerprint density at radius 1 is 1.24 bits per heavy atom. The van der Waals surface area contributed by atoms with Gasteiger partial charge >= 0.3 is 0 Å². The lowest BCUT2D eigenvalue weighted by molar-refractivity contribution is 0.415. The monoisotopic (exact) mass is 328 g/mol. The fourth-order valence-corrected chi connectivity index (χ4v) is 4.99. The van der Waals surface area contributed by atoms with Gasteiger partial charge in [0.1, 0.15) is 0 Å². The molecular weight excluding hydrogens is 304 g/mol. The smallest absolute Gasteiger partial charge is 0.243 e. The van der Waals surface area contributed by atoms with Crippen LogP contribution in [0.5, 0.6) is 0 Å². The number of nitrogens with two attached hydrogens (primary N) is 1. The Balaban J connectivity index is 2.21. The average molecular weight is 329 g/mol. The van der Waals surface area contributed by atoms with Gasteiger partial charge in [0.25, 0.3) is 0 Å². The van der Waals surface area contributed by atoms with Crippen LogP contribution < -0.4 is 5.73 Å². The summed E-state index contributed by atoms with van der Waals surface area (Å²) in [5, 5.41) is 0. The predicted octanol–water partition coefficient (Wildman–Crippen LogP) is 2.61.